The second-order valence-electron chi connectivity index (χ2n) is 11.6. The molecule has 224 valence electrons. The van der Waals surface area contributed by atoms with E-state index in [4.69, 9.17) is 14.1 Å². The van der Waals surface area contributed by atoms with Crippen LogP contribution < -0.4 is 5.32 Å². The van der Waals surface area contributed by atoms with Crippen molar-refractivity contribution in [1.82, 2.24) is 4.98 Å². The summed E-state index contributed by atoms with van der Waals surface area (Å²) < 4.78 is 11.4. The minimum Gasteiger partial charge on any atom is -0.460 e. The van der Waals surface area contributed by atoms with Gasteiger partial charge in [-0.1, -0.05) is 114 Å². The Bertz CT molecular complexity index is 1120. The Morgan fingerprint density at radius 2 is 1.59 bits per heavy atom. The number of benzene rings is 1. The van der Waals surface area contributed by atoms with E-state index in [9.17, 15) is 4.79 Å². The summed E-state index contributed by atoms with van der Waals surface area (Å²) in [7, 11) is 0. The molecule has 1 aliphatic heterocycles. The maximum absolute atomic E-state index is 13.7. The number of carbonyl (C=O) groups excluding carboxylic acids is 1. The number of nitrogens with zero attached hydrogens (tertiary/aromatic N) is 1. The van der Waals surface area contributed by atoms with Gasteiger partial charge in [0.1, 0.15) is 5.78 Å². The Hall–Kier alpha value is -2.44. The zero-order valence-electron chi connectivity index (χ0n) is 25.1. The lowest BCUT2D eigenvalue weighted by Gasteiger charge is -2.25. The Morgan fingerprint density at radius 3 is 2.27 bits per heavy atom. The van der Waals surface area contributed by atoms with E-state index >= 15 is 0 Å². The molecule has 0 aliphatic carbocycles. The third-order valence-corrected chi connectivity index (χ3v) is 9.48. The van der Waals surface area contributed by atoms with Gasteiger partial charge in [0.05, 0.1) is 17.9 Å². The first-order chi connectivity index (χ1) is 20.3. The predicted molar refractivity (Wildman–Crippen MR) is 171 cm³/mol. The van der Waals surface area contributed by atoms with Crippen molar-refractivity contribution in [3.8, 4) is 10.8 Å². The maximum Gasteiger partial charge on any atom is 0.185 e. The summed E-state index contributed by atoms with van der Waals surface area (Å²) in [6, 6.07) is 12.3. The van der Waals surface area contributed by atoms with E-state index in [1.54, 1.807) is 17.6 Å². The van der Waals surface area contributed by atoms with Crippen LogP contribution in [0.3, 0.4) is 0 Å². The number of nitrogens with one attached hydrogen (secondary N) is 1. The first kappa shape index (κ1) is 31.5. The molecule has 1 aromatic carbocycles. The van der Waals surface area contributed by atoms with Crippen molar-refractivity contribution >= 4 is 22.8 Å². The Morgan fingerprint density at radius 1 is 0.927 bits per heavy atom. The quantitative estimate of drug-likeness (QED) is 0.135. The molecule has 0 saturated carbocycles. The van der Waals surface area contributed by atoms with E-state index in [0.717, 1.165) is 53.6 Å². The highest BCUT2D eigenvalue weighted by atomic mass is 32.1. The molecule has 1 saturated heterocycles. The van der Waals surface area contributed by atoms with Crippen LogP contribution in [0, 0.1) is 5.92 Å². The summed E-state index contributed by atoms with van der Waals surface area (Å²) in [6.45, 7) is 4.38. The molecular weight excluding hydrogens is 528 g/mol. The van der Waals surface area contributed by atoms with Crippen LogP contribution in [0.4, 0.5) is 5.69 Å². The van der Waals surface area contributed by atoms with Crippen LogP contribution in [0.25, 0.3) is 10.8 Å². The van der Waals surface area contributed by atoms with Crippen molar-refractivity contribution in [1.29, 1.82) is 0 Å². The summed E-state index contributed by atoms with van der Waals surface area (Å²) in [4.78, 5) is 19.6. The lowest BCUT2D eigenvalue weighted by atomic mass is 9.84. The van der Waals surface area contributed by atoms with E-state index in [1.807, 2.05) is 30.5 Å². The Balaban J connectivity index is 1.29. The van der Waals surface area contributed by atoms with E-state index in [0.29, 0.717) is 19.0 Å². The molecule has 0 amide bonds. The average molecular weight is 579 g/mol. The van der Waals surface area contributed by atoms with E-state index in [1.165, 1.54) is 76.2 Å². The number of ketones is 1. The van der Waals surface area contributed by atoms with Crippen LogP contribution in [0.15, 0.2) is 53.3 Å². The summed E-state index contributed by atoms with van der Waals surface area (Å²) in [5.41, 5.74) is 2.15. The molecule has 2 aromatic heterocycles. The third kappa shape index (κ3) is 10.4. The van der Waals surface area contributed by atoms with Gasteiger partial charge in [-0.15, -0.1) is 11.3 Å². The number of Topliss-reactive ketones (excluding diaryl/α,β-unsaturated/α-hetero) is 1. The van der Waals surface area contributed by atoms with Crippen molar-refractivity contribution < 1.29 is 13.9 Å². The normalized spacial score (nSPS) is 14.8. The van der Waals surface area contributed by atoms with Crippen molar-refractivity contribution in [2.75, 3.05) is 18.5 Å². The number of hydrogen-bond donors (Lipinski definition) is 1. The number of anilines is 1. The first-order valence-corrected chi connectivity index (χ1v) is 17.0. The molecule has 3 aromatic rings. The van der Waals surface area contributed by atoms with Crippen LogP contribution >= 0.6 is 11.3 Å². The second kappa shape index (κ2) is 18.2. The molecule has 6 heteroatoms. The molecule has 0 bridgehead atoms. The fourth-order valence-electron chi connectivity index (χ4n) is 5.84. The van der Waals surface area contributed by atoms with Gasteiger partial charge in [-0.2, -0.15) is 0 Å². The molecule has 5 nitrogen and oxygen atoms in total. The van der Waals surface area contributed by atoms with Gasteiger partial charge in [-0.3, -0.25) is 4.79 Å². The van der Waals surface area contributed by atoms with Crippen LogP contribution in [-0.4, -0.2) is 24.0 Å². The van der Waals surface area contributed by atoms with Gasteiger partial charge in [-0.05, 0) is 24.8 Å². The number of furan rings is 1. The standard InChI is InChI=1S/C35H50N2O3S/c1-2-3-4-5-6-7-8-9-10-11-12-16-19-30(33(38)29-20-23-39-24-21-29)32-27-37-35(41-32)34-31(22-25-40-34)36-26-28-17-14-13-15-18-28/h13-15,17-18,22,25,27,29-30,36H,2-12,16,19-21,23-24,26H2,1H3. The van der Waals surface area contributed by atoms with Gasteiger partial charge in [0.2, 0.25) is 0 Å². The average Bonchev–Trinajstić information content (AvgIpc) is 3.69. The number of thiazole rings is 1. The number of unbranched alkanes of at least 4 members (excludes halogenated alkanes) is 11. The molecule has 1 aliphatic rings. The lowest BCUT2D eigenvalue weighted by Crippen LogP contribution is -2.27. The highest BCUT2D eigenvalue weighted by molar-refractivity contribution is 7.15. The lowest BCUT2D eigenvalue weighted by molar-refractivity contribution is -0.127. The first-order valence-electron chi connectivity index (χ1n) is 16.2. The third-order valence-electron chi connectivity index (χ3n) is 8.37. The summed E-state index contributed by atoms with van der Waals surface area (Å²) >= 11 is 1.61. The molecule has 4 rings (SSSR count). The van der Waals surface area contributed by atoms with Crippen molar-refractivity contribution in [3.63, 3.8) is 0 Å². The van der Waals surface area contributed by atoms with Gasteiger partial charge >= 0.3 is 0 Å². The highest BCUT2D eigenvalue weighted by Crippen LogP contribution is 2.38. The fourth-order valence-corrected chi connectivity index (χ4v) is 6.90. The van der Waals surface area contributed by atoms with Crippen LogP contribution in [0.2, 0.25) is 0 Å². The molecular formula is C35H50N2O3S. The number of rotatable bonds is 20. The van der Waals surface area contributed by atoms with E-state index in [-0.39, 0.29) is 11.8 Å². The zero-order valence-corrected chi connectivity index (χ0v) is 25.9. The highest BCUT2D eigenvalue weighted by Gasteiger charge is 2.31. The van der Waals surface area contributed by atoms with Crippen LogP contribution in [0.1, 0.15) is 120 Å². The maximum atomic E-state index is 13.7. The molecule has 1 fully saturated rings. The summed E-state index contributed by atoms with van der Waals surface area (Å²) in [6.07, 6.45) is 22.1. The molecule has 0 spiro atoms. The molecule has 3 heterocycles. The number of carbonyl (C=O) groups is 1. The molecule has 1 unspecified atom stereocenters. The van der Waals surface area contributed by atoms with Gasteiger partial charge in [0.25, 0.3) is 0 Å². The van der Waals surface area contributed by atoms with Crippen molar-refractivity contribution in [3.05, 3.63) is 59.3 Å². The summed E-state index contributed by atoms with van der Waals surface area (Å²) in [5, 5.41) is 4.32. The van der Waals surface area contributed by atoms with Gasteiger partial charge in [-0.25, -0.2) is 4.98 Å². The summed E-state index contributed by atoms with van der Waals surface area (Å²) in [5.74, 6) is 1.15. The Kier molecular flexibility index (Phi) is 14.0. The van der Waals surface area contributed by atoms with Gasteiger partial charge in [0, 0.05) is 42.8 Å². The Labute approximate surface area is 251 Å². The minimum absolute atomic E-state index is 0.0804. The number of aromatic nitrogens is 1. The largest absolute Gasteiger partial charge is 0.460 e. The molecule has 1 N–H and O–H groups in total. The smallest absolute Gasteiger partial charge is 0.185 e. The minimum atomic E-state index is -0.0804. The SMILES string of the molecule is CCCCCCCCCCCCCCC(C(=O)C1CCOCC1)c1cnc(-c2occc2NCc2ccccc2)s1. The number of ether oxygens (including phenoxy) is 1. The van der Waals surface area contributed by atoms with Crippen molar-refractivity contribution in [2.45, 2.75) is 116 Å². The monoisotopic (exact) mass is 578 g/mol. The zero-order chi connectivity index (χ0) is 28.5. The van der Waals surface area contributed by atoms with Gasteiger partial charge in [0.15, 0.2) is 10.8 Å². The van der Waals surface area contributed by atoms with E-state index < -0.39 is 0 Å². The van der Waals surface area contributed by atoms with Crippen molar-refractivity contribution in [2.24, 2.45) is 5.92 Å². The number of hydrogen-bond acceptors (Lipinski definition) is 6. The topological polar surface area (TPSA) is 64.4 Å². The molecule has 0 radical (unpaired) electrons. The molecule has 1 atom stereocenters. The van der Waals surface area contributed by atoms with Crippen LogP contribution in [0.5, 0.6) is 0 Å². The predicted octanol–water partition coefficient (Wildman–Crippen LogP) is 10.2. The van der Waals surface area contributed by atoms with E-state index in [2.05, 4.69) is 24.4 Å². The fraction of sp³-hybridized carbons (Fsp3) is 0.600. The van der Waals surface area contributed by atoms with Gasteiger partial charge < -0.3 is 14.5 Å². The van der Waals surface area contributed by atoms with Crippen LogP contribution in [-0.2, 0) is 16.1 Å². The molecule has 41 heavy (non-hydrogen) atoms. The second-order valence-corrected chi connectivity index (χ2v) is 12.7.